The summed E-state index contributed by atoms with van der Waals surface area (Å²) in [5.41, 5.74) is 0.445. The molecule has 0 aliphatic heterocycles. The molecule has 178 valence electrons. The Morgan fingerprint density at radius 1 is 1.03 bits per heavy atom. The van der Waals surface area contributed by atoms with Gasteiger partial charge in [-0.15, -0.1) is 11.3 Å². The van der Waals surface area contributed by atoms with E-state index >= 15 is 0 Å². The topological polar surface area (TPSA) is 122 Å². The highest BCUT2D eigenvalue weighted by Gasteiger charge is 2.25. The summed E-state index contributed by atoms with van der Waals surface area (Å²) in [6.07, 6.45) is 1.32. The van der Waals surface area contributed by atoms with Gasteiger partial charge in [0.1, 0.15) is 19.2 Å². The second-order valence-electron chi connectivity index (χ2n) is 6.79. The minimum Gasteiger partial charge on any atom is -0.483 e. The number of hydrogen-bond donors (Lipinski definition) is 2. The van der Waals surface area contributed by atoms with E-state index in [1.165, 1.54) is 36.5 Å². The molecule has 14 heteroatoms. The van der Waals surface area contributed by atoms with Crippen LogP contribution in [0.15, 0.2) is 68.7 Å². The van der Waals surface area contributed by atoms with E-state index in [0.29, 0.717) is 21.9 Å². The SMILES string of the molecule is O=C(COc1cccc2[nH]cc(S(=O)(=O)c3ccc(Cl)cc3)c12)NS(=O)(=O)c1cc(Cl)c(Cl)s1. The van der Waals surface area contributed by atoms with Crippen molar-refractivity contribution in [3.63, 3.8) is 0 Å². The minimum atomic E-state index is -4.21. The van der Waals surface area contributed by atoms with Crippen LogP contribution in [-0.2, 0) is 24.7 Å². The third-order valence-electron chi connectivity index (χ3n) is 4.54. The van der Waals surface area contributed by atoms with E-state index in [9.17, 15) is 21.6 Å². The lowest BCUT2D eigenvalue weighted by atomic mass is 10.2. The van der Waals surface area contributed by atoms with E-state index in [0.717, 1.165) is 6.07 Å². The van der Waals surface area contributed by atoms with E-state index in [4.69, 9.17) is 39.5 Å². The van der Waals surface area contributed by atoms with E-state index in [2.05, 4.69) is 4.98 Å². The van der Waals surface area contributed by atoms with Gasteiger partial charge in [0, 0.05) is 11.2 Å². The predicted molar refractivity (Wildman–Crippen MR) is 130 cm³/mol. The number of ether oxygens (including phenoxy) is 1. The Bertz CT molecular complexity index is 1590. The standard InChI is InChI=1S/C20H13Cl3N2O6S3/c21-11-4-6-12(7-5-11)33(27,28)16-9-24-14-2-1-3-15(19(14)16)31-10-17(26)25-34(29,30)18-8-13(22)20(23)32-18/h1-9,24H,10H2,(H,25,26). The number of carbonyl (C=O) groups is 1. The number of sulfone groups is 1. The Labute approximate surface area is 213 Å². The highest BCUT2D eigenvalue weighted by molar-refractivity contribution is 7.92. The molecule has 2 N–H and O–H groups in total. The maximum absolute atomic E-state index is 13.2. The van der Waals surface area contributed by atoms with Crippen LogP contribution in [0.1, 0.15) is 0 Å². The molecule has 0 spiro atoms. The fraction of sp³-hybridized carbons (Fsp3) is 0.0500. The third-order valence-corrected chi connectivity index (χ3v) is 10.3. The number of sulfonamides is 1. The van der Waals surface area contributed by atoms with Gasteiger partial charge >= 0.3 is 0 Å². The van der Waals surface area contributed by atoms with Crippen molar-refractivity contribution < 1.29 is 26.4 Å². The smallest absolute Gasteiger partial charge is 0.273 e. The molecule has 4 rings (SSSR count). The first-order valence-corrected chi connectivity index (χ1v) is 14.1. The van der Waals surface area contributed by atoms with Crippen LogP contribution in [0.4, 0.5) is 0 Å². The molecule has 0 aliphatic rings. The minimum absolute atomic E-state index is 0.0182. The molecule has 1 amide bonds. The largest absolute Gasteiger partial charge is 0.483 e. The lowest BCUT2D eigenvalue weighted by Gasteiger charge is -2.10. The molecular formula is C20H13Cl3N2O6S3. The third kappa shape index (κ3) is 4.90. The van der Waals surface area contributed by atoms with Crippen LogP contribution in [0.3, 0.4) is 0 Å². The van der Waals surface area contributed by atoms with E-state index < -0.39 is 32.4 Å². The van der Waals surface area contributed by atoms with Crippen molar-refractivity contribution >= 4 is 82.8 Å². The summed E-state index contributed by atoms with van der Waals surface area (Å²) >= 11 is 18.1. The van der Waals surface area contributed by atoms with Gasteiger partial charge in [0.2, 0.25) is 9.84 Å². The van der Waals surface area contributed by atoms with Gasteiger partial charge in [0.05, 0.1) is 20.8 Å². The summed E-state index contributed by atoms with van der Waals surface area (Å²) in [7, 11) is -8.17. The molecular weight excluding hydrogens is 567 g/mol. The number of halogens is 3. The lowest BCUT2D eigenvalue weighted by Crippen LogP contribution is -2.34. The van der Waals surface area contributed by atoms with Crippen LogP contribution in [0, 0.1) is 0 Å². The van der Waals surface area contributed by atoms with E-state index in [1.54, 1.807) is 12.1 Å². The molecule has 0 fully saturated rings. The normalized spacial score (nSPS) is 12.1. The van der Waals surface area contributed by atoms with Gasteiger partial charge in [-0.05, 0) is 42.5 Å². The van der Waals surface area contributed by atoms with Gasteiger partial charge in [0.15, 0.2) is 6.61 Å². The number of aromatic nitrogens is 1. The summed E-state index contributed by atoms with van der Waals surface area (Å²) in [6, 6.07) is 11.5. The molecule has 4 aromatic rings. The van der Waals surface area contributed by atoms with Crippen molar-refractivity contribution in [1.82, 2.24) is 9.71 Å². The summed E-state index contributed by atoms with van der Waals surface area (Å²) < 4.78 is 58.3. The maximum Gasteiger partial charge on any atom is 0.273 e. The van der Waals surface area contributed by atoms with Gasteiger partial charge in [-0.1, -0.05) is 40.9 Å². The number of H-pyrrole nitrogens is 1. The summed E-state index contributed by atoms with van der Waals surface area (Å²) in [4.78, 5) is 15.1. The fourth-order valence-electron chi connectivity index (χ4n) is 3.03. The number of hydrogen-bond acceptors (Lipinski definition) is 7. The van der Waals surface area contributed by atoms with Gasteiger partial charge in [-0.2, -0.15) is 0 Å². The second kappa shape index (κ2) is 9.40. The summed E-state index contributed by atoms with van der Waals surface area (Å²) in [5.74, 6) is -0.906. The molecule has 2 aromatic carbocycles. The van der Waals surface area contributed by atoms with Crippen LogP contribution in [0.25, 0.3) is 10.9 Å². The van der Waals surface area contributed by atoms with Crippen molar-refractivity contribution in [1.29, 1.82) is 0 Å². The number of carbonyl (C=O) groups excluding carboxylic acids is 1. The monoisotopic (exact) mass is 578 g/mol. The van der Waals surface area contributed by atoms with Crippen molar-refractivity contribution in [2.24, 2.45) is 0 Å². The number of amides is 1. The van der Waals surface area contributed by atoms with Gasteiger partial charge in [-0.25, -0.2) is 21.6 Å². The van der Waals surface area contributed by atoms with Crippen molar-refractivity contribution in [2.45, 2.75) is 14.0 Å². The van der Waals surface area contributed by atoms with E-state index in [-0.39, 0.29) is 34.5 Å². The molecule has 0 radical (unpaired) electrons. The first kappa shape index (κ1) is 24.8. The number of nitrogens with one attached hydrogen (secondary N) is 2. The molecule has 2 aromatic heterocycles. The number of rotatable bonds is 7. The maximum atomic E-state index is 13.2. The molecule has 0 saturated carbocycles. The van der Waals surface area contributed by atoms with Crippen molar-refractivity contribution in [3.05, 3.63) is 69.1 Å². The Balaban J connectivity index is 1.59. The number of thiophene rings is 1. The zero-order valence-electron chi connectivity index (χ0n) is 16.7. The molecule has 2 heterocycles. The quantitative estimate of drug-likeness (QED) is 0.321. The molecule has 8 nitrogen and oxygen atoms in total. The van der Waals surface area contributed by atoms with Crippen LogP contribution in [-0.4, -0.2) is 34.3 Å². The Morgan fingerprint density at radius 3 is 2.38 bits per heavy atom. The Hall–Kier alpha value is -2.28. The first-order chi connectivity index (χ1) is 16.0. The molecule has 0 bridgehead atoms. The molecule has 0 atom stereocenters. The highest BCUT2D eigenvalue weighted by Crippen LogP contribution is 2.36. The van der Waals surface area contributed by atoms with Crippen LogP contribution >= 0.6 is 46.1 Å². The van der Waals surface area contributed by atoms with Crippen LogP contribution in [0.2, 0.25) is 14.4 Å². The highest BCUT2D eigenvalue weighted by atomic mass is 35.5. The first-order valence-electron chi connectivity index (χ1n) is 9.23. The lowest BCUT2D eigenvalue weighted by molar-refractivity contribution is -0.121. The van der Waals surface area contributed by atoms with E-state index in [1.807, 2.05) is 4.72 Å². The average molecular weight is 580 g/mol. The zero-order chi connectivity index (χ0) is 24.7. The number of benzene rings is 2. The number of aromatic amines is 1. The predicted octanol–water partition coefficient (Wildman–Crippen LogP) is 4.91. The van der Waals surface area contributed by atoms with Gasteiger partial charge in [-0.3, -0.25) is 4.79 Å². The summed E-state index contributed by atoms with van der Waals surface area (Å²) in [6.45, 7) is -0.698. The second-order valence-corrected chi connectivity index (χ2v) is 13.1. The Kier molecular flexibility index (Phi) is 6.87. The molecule has 0 saturated heterocycles. The average Bonchev–Trinajstić information content (AvgIpc) is 3.37. The molecule has 0 aliphatic carbocycles. The van der Waals surface area contributed by atoms with Crippen LogP contribution in [0.5, 0.6) is 5.75 Å². The van der Waals surface area contributed by atoms with Gasteiger partial charge in [0.25, 0.3) is 15.9 Å². The molecule has 34 heavy (non-hydrogen) atoms. The Morgan fingerprint density at radius 2 is 1.74 bits per heavy atom. The number of fused-ring (bicyclic) bond motifs is 1. The van der Waals surface area contributed by atoms with Crippen molar-refractivity contribution in [2.75, 3.05) is 6.61 Å². The molecule has 0 unspecified atom stereocenters. The fourth-order valence-corrected chi connectivity index (χ4v) is 7.45. The van der Waals surface area contributed by atoms with Gasteiger partial charge < -0.3 is 9.72 Å². The summed E-state index contributed by atoms with van der Waals surface area (Å²) in [5, 5.41) is 0.643. The zero-order valence-corrected chi connectivity index (χ0v) is 21.4. The van der Waals surface area contributed by atoms with Crippen molar-refractivity contribution in [3.8, 4) is 5.75 Å². The van der Waals surface area contributed by atoms with Crippen LogP contribution < -0.4 is 9.46 Å².